The molecule has 0 amide bonds. The van der Waals surface area contributed by atoms with Crippen LogP contribution in [0.3, 0.4) is 0 Å². The van der Waals surface area contributed by atoms with Gasteiger partial charge in [0.1, 0.15) is 0 Å². The molecule has 246 valence electrons. The molecule has 1 heterocycles. The van der Waals surface area contributed by atoms with Gasteiger partial charge < -0.3 is 0 Å². The quantitative estimate of drug-likeness (QED) is 0.108. The summed E-state index contributed by atoms with van der Waals surface area (Å²) in [5.41, 5.74) is 0. The molecule has 0 radical (unpaired) electrons. The standard InChI is InChI=1S/C36H36N3O6P3/c1-7-19-31(20-8-1)40-46(41-32-21-9-2-10-22-32)37-47(42-33-23-11-3-12-24-33,43-34-25-13-4-14-26-34)39-48(38-46,44-35-27-15-5-16-28-35)45-36-29-17-6-18-30-36/h1-30,37-39,46-48H. The van der Waals surface area contributed by atoms with Gasteiger partial charge >= 0.3 is 282 Å². The fourth-order valence-electron chi connectivity index (χ4n) is 5.04. The SMILES string of the molecule is c1ccc(O[PH]2(Oc3ccccc3)N[PH](Oc3ccccc3)(Oc3ccccc3)N[PH](Oc3ccccc3)(Oc3ccccc3)N2)cc1. The minimum atomic E-state index is -3.99. The van der Waals surface area contributed by atoms with E-state index in [4.69, 9.17) is 27.1 Å². The van der Waals surface area contributed by atoms with Gasteiger partial charge in [-0.15, -0.1) is 0 Å². The third-order valence-electron chi connectivity index (χ3n) is 7.02. The van der Waals surface area contributed by atoms with Crippen molar-refractivity contribution in [3.63, 3.8) is 0 Å². The molecule has 3 N–H and O–H groups in total. The van der Waals surface area contributed by atoms with Gasteiger partial charge in [0.2, 0.25) is 0 Å². The summed E-state index contributed by atoms with van der Waals surface area (Å²) in [6.45, 7) is 0. The van der Waals surface area contributed by atoms with Gasteiger partial charge in [-0.05, 0) is 0 Å². The van der Waals surface area contributed by atoms with Crippen LogP contribution in [0.25, 0.3) is 0 Å². The summed E-state index contributed by atoms with van der Waals surface area (Å²) in [5.74, 6) is 3.37. The van der Waals surface area contributed by atoms with Gasteiger partial charge in [-0.25, -0.2) is 0 Å². The van der Waals surface area contributed by atoms with E-state index in [2.05, 4.69) is 14.6 Å². The fourth-order valence-corrected chi connectivity index (χ4v) is 18.1. The van der Waals surface area contributed by atoms with Crippen molar-refractivity contribution in [2.75, 3.05) is 0 Å². The van der Waals surface area contributed by atoms with E-state index in [1.165, 1.54) is 0 Å². The van der Waals surface area contributed by atoms with Gasteiger partial charge in [0.05, 0.1) is 0 Å². The zero-order valence-electron chi connectivity index (χ0n) is 25.8. The molecule has 7 rings (SSSR count). The van der Waals surface area contributed by atoms with E-state index in [1.807, 2.05) is 182 Å². The second-order valence-corrected chi connectivity index (χ2v) is 18.6. The zero-order valence-corrected chi connectivity index (χ0v) is 28.8. The molecular weight excluding hydrogens is 663 g/mol. The minimum absolute atomic E-state index is 0.562. The van der Waals surface area contributed by atoms with E-state index in [1.54, 1.807) is 0 Å². The topological polar surface area (TPSA) is 91.5 Å². The summed E-state index contributed by atoms with van der Waals surface area (Å²) < 4.78 is 41.5. The van der Waals surface area contributed by atoms with Crippen LogP contribution >= 0.6 is 24.1 Å². The Labute approximate surface area is 281 Å². The number of para-hydroxylation sites is 6. The fraction of sp³-hybridized carbons (Fsp3) is 0. The third-order valence-corrected chi connectivity index (χ3v) is 18.1. The second kappa shape index (κ2) is 14.6. The number of nitrogens with one attached hydrogen (secondary N) is 3. The summed E-state index contributed by atoms with van der Waals surface area (Å²) in [4.78, 5) is 10.9. The molecule has 12 heteroatoms. The average Bonchev–Trinajstić information content (AvgIpc) is 3.10. The van der Waals surface area contributed by atoms with Crippen LogP contribution < -0.4 is 41.7 Å². The Bertz CT molecular complexity index is 1510. The van der Waals surface area contributed by atoms with E-state index in [0.29, 0.717) is 34.5 Å². The van der Waals surface area contributed by atoms with Gasteiger partial charge in [-0.2, -0.15) is 0 Å². The van der Waals surface area contributed by atoms with Crippen molar-refractivity contribution in [1.29, 1.82) is 0 Å². The first-order chi connectivity index (χ1) is 23.6. The van der Waals surface area contributed by atoms with Gasteiger partial charge in [0, 0.05) is 0 Å². The first kappa shape index (κ1) is 31.9. The molecule has 0 spiro atoms. The molecule has 0 aliphatic carbocycles. The molecule has 6 aromatic carbocycles. The van der Waals surface area contributed by atoms with Crippen molar-refractivity contribution in [3.8, 4) is 34.5 Å². The van der Waals surface area contributed by atoms with Crippen molar-refractivity contribution >= 4 is 24.1 Å². The normalized spacial score (nSPS) is 17.8. The maximum absolute atomic E-state index is 6.91. The first-order valence-corrected chi connectivity index (χ1v) is 20.9. The van der Waals surface area contributed by atoms with Gasteiger partial charge in [0.15, 0.2) is 0 Å². The Hall–Kier alpha value is -4.71. The van der Waals surface area contributed by atoms with Gasteiger partial charge in [0.25, 0.3) is 0 Å². The van der Waals surface area contributed by atoms with Gasteiger partial charge in [-0.1, -0.05) is 0 Å². The third kappa shape index (κ3) is 8.04. The maximum atomic E-state index is 6.91. The van der Waals surface area contributed by atoms with E-state index in [0.717, 1.165) is 0 Å². The summed E-state index contributed by atoms with van der Waals surface area (Å²) in [6.07, 6.45) is 0. The molecule has 0 aromatic heterocycles. The molecule has 0 bridgehead atoms. The molecule has 0 atom stereocenters. The Morgan fingerprint density at radius 3 is 0.521 bits per heavy atom. The predicted octanol–water partition coefficient (Wildman–Crippen LogP) is 9.47. The molecule has 0 unspecified atom stereocenters. The van der Waals surface area contributed by atoms with Crippen molar-refractivity contribution in [1.82, 2.24) is 14.6 Å². The molecule has 0 saturated carbocycles. The van der Waals surface area contributed by atoms with E-state index in [9.17, 15) is 0 Å². The van der Waals surface area contributed by atoms with E-state index >= 15 is 0 Å². The monoisotopic (exact) mass is 699 g/mol. The van der Waals surface area contributed by atoms with Gasteiger partial charge in [-0.3, -0.25) is 0 Å². The van der Waals surface area contributed by atoms with Crippen LogP contribution in [0.5, 0.6) is 34.5 Å². The second-order valence-electron chi connectivity index (χ2n) is 10.7. The summed E-state index contributed by atoms with van der Waals surface area (Å²) in [6, 6.07) is 56.8. The first-order valence-electron chi connectivity index (χ1n) is 15.4. The molecule has 6 aromatic rings. The Morgan fingerprint density at radius 2 is 0.375 bits per heavy atom. The van der Waals surface area contributed by atoms with E-state index < -0.39 is 24.1 Å². The molecule has 1 saturated heterocycles. The van der Waals surface area contributed by atoms with E-state index in [-0.39, 0.29) is 0 Å². The Kier molecular flexibility index (Phi) is 9.69. The Balaban J connectivity index is 1.44. The molecule has 1 aliphatic rings. The van der Waals surface area contributed by atoms with Crippen LogP contribution in [0.15, 0.2) is 182 Å². The zero-order chi connectivity index (χ0) is 32.5. The molecule has 48 heavy (non-hydrogen) atoms. The van der Waals surface area contributed by atoms with Crippen LogP contribution in [0.2, 0.25) is 0 Å². The molecular formula is C36H36N3O6P3. The number of hydrogen-bond donors (Lipinski definition) is 3. The van der Waals surface area contributed by atoms with Crippen molar-refractivity contribution in [3.05, 3.63) is 182 Å². The molecule has 1 aliphatic heterocycles. The van der Waals surface area contributed by atoms with Crippen LogP contribution in [0.4, 0.5) is 0 Å². The molecule has 9 nitrogen and oxygen atoms in total. The Morgan fingerprint density at radius 1 is 0.229 bits per heavy atom. The van der Waals surface area contributed by atoms with Crippen molar-refractivity contribution in [2.45, 2.75) is 0 Å². The predicted molar refractivity (Wildman–Crippen MR) is 197 cm³/mol. The number of benzene rings is 6. The molecule has 1 fully saturated rings. The van der Waals surface area contributed by atoms with Crippen LogP contribution in [-0.2, 0) is 0 Å². The summed E-state index contributed by atoms with van der Waals surface area (Å²) in [7, 11) is -12.0. The average molecular weight is 700 g/mol. The van der Waals surface area contributed by atoms with Crippen LogP contribution in [0, 0.1) is 0 Å². The summed E-state index contributed by atoms with van der Waals surface area (Å²) >= 11 is 0. The van der Waals surface area contributed by atoms with Crippen molar-refractivity contribution < 1.29 is 27.1 Å². The summed E-state index contributed by atoms with van der Waals surface area (Å²) in [5, 5.41) is 0. The number of rotatable bonds is 12. The number of hydrogen-bond acceptors (Lipinski definition) is 9. The van der Waals surface area contributed by atoms with Crippen LogP contribution in [0.1, 0.15) is 0 Å². The van der Waals surface area contributed by atoms with Crippen molar-refractivity contribution in [2.24, 2.45) is 0 Å². The van der Waals surface area contributed by atoms with Crippen LogP contribution in [-0.4, -0.2) is 0 Å².